The maximum atomic E-state index is 12.6. The standard InChI is InChI=1S/C22H25N3O7S2/c26-22(23-27)19(12-13-34(30,31)24-15-6-2-1-3-7-15)25(33(28)29)16-10-11-18-17-8-4-5-9-20(17)32-21(18)14-16/h1-3,6-7,10-11,14,19,24,27H,4-5,8-9,12-13H2,(H,23,26)(H,28,29). The lowest BCUT2D eigenvalue weighted by Gasteiger charge is -2.28. The number of carbonyl (C=O) groups is 1. The molecular formula is C22H25N3O7S2. The van der Waals surface area contributed by atoms with Crippen LogP contribution in [0, 0.1) is 0 Å². The molecule has 0 aliphatic heterocycles. The Morgan fingerprint density at radius 3 is 2.59 bits per heavy atom. The first-order chi connectivity index (χ1) is 16.3. The van der Waals surface area contributed by atoms with Crippen LogP contribution in [0.25, 0.3) is 11.0 Å². The lowest BCUT2D eigenvalue weighted by atomic mass is 9.96. The first kappa shape index (κ1) is 24.2. The summed E-state index contributed by atoms with van der Waals surface area (Å²) < 4.78 is 56.6. The van der Waals surface area contributed by atoms with Gasteiger partial charge in [-0.2, -0.15) is 0 Å². The summed E-state index contributed by atoms with van der Waals surface area (Å²) in [7, 11) is -3.89. The molecule has 0 fully saturated rings. The predicted octanol–water partition coefficient (Wildman–Crippen LogP) is 2.96. The summed E-state index contributed by atoms with van der Waals surface area (Å²) in [6.07, 6.45) is 3.42. The second-order valence-corrected chi connectivity index (χ2v) is 10.7. The minimum Gasteiger partial charge on any atom is -0.461 e. The molecule has 10 nitrogen and oxygen atoms in total. The highest BCUT2D eigenvalue weighted by Gasteiger charge is 2.32. The van der Waals surface area contributed by atoms with E-state index >= 15 is 0 Å². The van der Waals surface area contributed by atoms with Crippen LogP contribution < -0.4 is 14.5 Å². The number of carbonyl (C=O) groups excluding carboxylic acids is 1. The summed E-state index contributed by atoms with van der Waals surface area (Å²) in [5, 5.41) is 10.1. The zero-order chi connectivity index (χ0) is 24.3. The SMILES string of the molecule is O=C(NO)C(CCS(=O)(=O)Nc1ccccc1)N(c1ccc2c3c(oc2c1)CCCC3)S(=O)O. The van der Waals surface area contributed by atoms with Crippen molar-refractivity contribution in [1.82, 2.24) is 5.48 Å². The Bertz CT molecular complexity index is 1310. The first-order valence-corrected chi connectivity index (χ1v) is 13.4. The van der Waals surface area contributed by atoms with Gasteiger partial charge in [0.25, 0.3) is 17.2 Å². The van der Waals surface area contributed by atoms with Crippen molar-refractivity contribution in [3.8, 4) is 0 Å². The van der Waals surface area contributed by atoms with Crippen LogP contribution in [0.2, 0.25) is 0 Å². The van der Waals surface area contributed by atoms with Gasteiger partial charge in [0.05, 0.1) is 11.4 Å². The number of fused-ring (bicyclic) bond motifs is 3. The summed E-state index contributed by atoms with van der Waals surface area (Å²) in [4.78, 5) is 12.4. The number of nitrogens with zero attached hydrogens (tertiary/aromatic N) is 1. The molecule has 4 rings (SSSR count). The molecule has 0 saturated carbocycles. The molecule has 1 aromatic heterocycles. The van der Waals surface area contributed by atoms with E-state index in [2.05, 4.69) is 4.72 Å². The Labute approximate surface area is 199 Å². The van der Waals surface area contributed by atoms with Crippen molar-refractivity contribution < 1.29 is 31.6 Å². The highest BCUT2D eigenvalue weighted by atomic mass is 32.2. The van der Waals surface area contributed by atoms with E-state index in [9.17, 15) is 27.2 Å². The second kappa shape index (κ2) is 10.1. The average molecular weight is 508 g/mol. The summed E-state index contributed by atoms with van der Waals surface area (Å²) >= 11 is -2.70. The summed E-state index contributed by atoms with van der Waals surface area (Å²) in [6.45, 7) is 0. The van der Waals surface area contributed by atoms with Gasteiger partial charge in [0.1, 0.15) is 17.4 Å². The topological polar surface area (TPSA) is 149 Å². The van der Waals surface area contributed by atoms with Crippen LogP contribution in [0.4, 0.5) is 11.4 Å². The quantitative estimate of drug-likeness (QED) is 0.198. The van der Waals surface area contributed by atoms with Crippen LogP contribution in [0.3, 0.4) is 0 Å². The minimum atomic E-state index is -3.89. The van der Waals surface area contributed by atoms with E-state index in [4.69, 9.17) is 4.42 Å². The van der Waals surface area contributed by atoms with Crippen molar-refractivity contribution in [3.05, 3.63) is 59.9 Å². The van der Waals surface area contributed by atoms with Crippen LogP contribution >= 0.6 is 0 Å². The second-order valence-electron chi connectivity index (χ2n) is 8.02. The van der Waals surface area contributed by atoms with Crippen molar-refractivity contribution in [3.63, 3.8) is 0 Å². The number of rotatable bonds is 9. The van der Waals surface area contributed by atoms with E-state index in [1.807, 2.05) is 0 Å². The molecule has 1 aliphatic rings. The number of furan rings is 1. The summed E-state index contributed by atoms with van der Waals surface area (Å²) in [5.41, 5.74) is 3.63. The Hall–Kier alpha value is -2.93. The number of para-hydroxylation sites is 1. The molecular weight excluding hydrogens is 482 g/mol. The number of sulfonamides is 1. The van der Waals surface area contributed by atoms with Crippen LogP contribution in [0.15, 0.2) is 52.9 Å². The number of aryl methyl sites for hydroxylation is 2. The third-order valence-electron chi connectivity index (χ3n) is 5.77. The predicted molar refractivity (Wildman–Crippen MR) is 128 cm³/mol. The first-order valence-electron chi connectivity index (χ1n) is 10.7. The largest absolute Gasteiger partial charge is 0.461 e. The highest BCUT2D eigenvalue weighted by molar-refractivity contribution is 7.92. The van der Waals surface area contributed by atoms with E-state index in [0.717, 1.165) is 46.7 Å². The number of anilines is 2. The monoisotopic (exact) mass is 507 g/mol. The fourth-order valence-corrected chi connectivity index (χ4v) is 6.05. The van der Waals surface area contributed by atoms with E-state index in [1.165, 1.54) is 5.48 Å². The molecule has 1 amide bonds. The van der Waals surface area contributed by atoms with Crippen LogP contribution in [0.1, 0.15) is 30.6 Å². The highest BCUT2D eigenvalue weighted by Crippen LogP contribution is 2.35. The maximum absolute atomic E-state index is 12.6. The van der Waals surface area contributed by atoms with Gasteiger partial charge in [0.15, 0.2) is 0 Å². The van der Waals surface area contributed by atoms with Gasteiger partial charge in [0, 0.05) is 29.1 Å². The molecule has 0 radical (unpaired) electrons. The molecule has 2 unspecified atom stereocenters. The van der Waals surface area contributed by atoms with Gasteiger partial charge in [-0.25, -0.2) is 18.1 Å². The lowest BCUT2D eigenvalue weighted by molar-refractivity contribution is -0.130. The number of hydrogen-bond acceptors (Lipinski definition) is 6. The van der Waals surface area contributed by atoms with Crippen LogP contribution in [-0.4, -0.2) is 40.1 Å². The van der Waals surface area contributed by atoms with E-state index in [1.54, 1.807) is 48.5 Å². The molecule has 12 heteroatoms. The fraction of sp³-hybridized carbons (Fsp3) is 0.318. The number of hydroxylamine groups is 1. The van der Waals surface area contributed by atoms with Gasteiger partial charge in [0.2, 0.25) is 10.0 Å². The van der Waals surface area contributed by atoms with Gasteiger partial charge in [-0.3, -0.25) is 23.6 Å². The van der Waals surface area contributed by atoms with E-state index < -0.39 is 39.0 Å². The number of amides is 1. The number of nitrogens with one attached hydrogen (secondary N) is 2. The Balaban J connectivity index is 1.61. The molecule has 0 bridgehead atoms. The molecule has 0 saturated heterocycles. The normalized spacial score (nSPS) is 15.4. The average Bonchev–Trinajstić information content (AvgIpc) is 3.19. The third kappa shape index (κ3) is 5.25. The lowest BCUT2D eigenvalue weighted by Crippen LogP contribution is -2.48. The zero-order valence-electron chi connectivity index (χ0n) is 18.1. The maximum Gasteiger partial charge on any atom is 0.267 e. The Morgan fingerprint density at radius 2 is 1.88 bits per heavy atom. The molecule has 1 heterocycles. The number of benzene rings is 2. The van der Waals surface area contributed by atoms with Gasteiger partial charge in [-0.1, -0.05) is 18.2 Å². The Morgan fingerprint density at radius 1 is 1.15 bits per heavy atom. The van der Waals surface area contributed by atoms with Crippen molar-refractivity contribution >= 4 is 49.5 Å². The van der Waals surface area contributed by atoms with Crippen molar-refractivity contribution in [2.45, 2.75) is 38.1 Å². The van der Waals surface area contributed by atoms with E-state index in [-0.39, 0.29) is 12.1 Å². The minimum absolute atomic E-state index is 0.182. The summed E-state index contributed by atoms with van der Waals surface area (Å²) in [5.74, 6) is -0.667. The molecule has 0 spiro atoms. The molecule has 2 atom stereocenters. The van der Waals surface area contributed by atoms with E-state index in [0.29, 0.717) is 11.3 Å². The molecule has 34 heavy (non-hydrogen) atoms. The van der Waals surface area contributed by atoms with Gasteiger partial charge in [-0.05, 0) is 49.9 Å². The molecule has 2 aromatic carbocycles. The number of hydrogen-bond donors (Lipinski definition) is 4. The van der Waals surface area contributed by atoms with Crippen LogP contribution in [-0.2, 0) is 38.9 Å². The zero-order valence-corrected chi connectivity index (χ0v) is 19.8. The molecule has 4 N–H and O–H groups in total. The molecule has 3 aromatic rings. The molecule has 1 aliphatic carbocycles. The van der Waals surface area contributed by atoms with Crippen LogP contribution in [0.5, 0.6) is 0 Å². The third-order valence-corrected chi connectivity index (χ3v) is 7.89. The van der Waals surface area contributed by atoms with Crippen molar-refractivity contribution in [1.29, 1.82) is 0 Å². The van der Waals surface area contributed by atoms with Gasteiger partial charge >= 0.3 is 0 Å². The van der Waals surface area contributed by atoms with Gasteiger partial charge < -0.3 is 4.42 Å². The van der Waals surface area contributed by atoms with Crippen molar-refractivity contribution in [2.75, 3.05) is 14.8 Å². The van der Waals surface area contributed by atoms with Crippen molar-refractivity contribution in [2.24, 2.45) is 0 Å². The summed E-state index contributed by atoms with van der Waals surface area (Å²) in [6, 6.07) is 11.7. The smallest absolute Gasteiger partial charge is 0.267 e. The fourth-order valence-electron chi connectivity index (χ4n) is 4.20. The van der Waals surface area contributed by atoms with Gasteiger partial charge in [-0.15, -0.1) is 0 Å². The molecule has 182 valence electrons. The Kier molecular flexibility index (Phi) is 7.22.